The average molecular weight is 358 g/mol. The van der Waals surface area contributed by atoms with Gasteiger partial charge in [-0.3, -0.25) is 0 Å². The molecule has 0 aliphatic heterocycles. The first-order valence-electron chi connectivity index (χ1n) is 8.44. The minimum atomic E-state index is -0.338. The Morgan fingerprint density at radius 3 is 2.92 bits per heavy atom. The predicted octanol–water partition coefficient (Wildman–Crippen LogP) is 4.41. The molecule has 0 saturated carbocycles. The lowest BCUT2D eigenvalue weighted by molar-refractivity contribution is 0.0444. The van der Waals surface area contributed by atoms with Gasteiger partial charge in [0.25, 0.3) is 11.8 Å². The summed E-state index contributed by atoms with van der Waals surface area (Å²) in [5, 5.41) is 7.76. The van der Waals surface area contributed by atoms with E-state index in [1.807, 2.05) is 6.07 Å². The van der Waals surface area contributed by atoms with Crippen molar-refractivity contribution in [2.75, 3.05) is 0 Å². The summed E-state index contributed by atoms with van der Waals surface area (Å²) in [6.45, 7) is -0.0465. The van der Waals surface area contributed by atoms with Crippen LogP contribution in [0.25, 0.3) is 11.7 Å². The molecule has 3 aromatic heterocycles. The summed E-state index contributed by atoms with van der Waals surface area (Å²) in [6, 6.07) is 5.45. The van der Waals surface area contributed by atoms with Gasteiger partial charge < -0.3 is 13.6 Å². The second-order valence-electron chi connectivity index (χ2n) is 6.03. The Morgan fingerprint density at radius 2 is 2.08 bits per heavy atom. The third-order valence-corrected chi connectivity index (χ3v) is 5.44. The highest BCUT2D eigenvalue weighted by Gasteiger charge is 2.18. The van der Waals surface area contributed by atoms with Crippen LogP contribution in [0.5, 0.6) is 0 Å². The molecule has 0 spiro atoms. The van der Waals surface area contributed by atoms with E-state index < -0.39 is 0 Å². The summed E-state index contributed by atoms with van der Waals surface area (Å²) in [6.07, 6.45) is 8.56. The van der Waals surface area contributed by atoms with Gasteiger partial charge in [0.05, 0.1) is 6.26 Å². The van der Waals surface area contributed by atoms with E-state index in [0.717, 1.165) is 12.8 Å². The van der Waals surface area contributed by atoms with Crippen LogP contribution in [0.15, 0.2) is 33.3 Å². The number of ether oxygens (including phenoxy) is 1. The zero-order valence-corrected chi connectivity index (χ0v) is 14.5. The van der Waals surface area contributed by atoms with Gasteiger partial charge in [0.1, 0.15) is 4.88 Å². The largest absolute Gasteiger partial charge is 0.459 e. The van der Waals surface area contributed by atoms with Crippen molar-refractivity contribution in [3.05, 3.63) is 45.7 Å². The third-order valence-electron chi connectivity index (χ3n) is 4.22. The number of carbonyl (C=O) groups excluding carboxylic acids is 1. The van der Waals surface area contributed by atoms with Gasteiger partial charge in [0, 0.05) is 4.88 Å². The van der Waals surface area contributed by atoms with Crippen molar-refractivity contribution in [3.8, 4) is 11.7 Å². The standard InChI is InChI=1S/C18H18N2O4S/c21-18(15-10-12-6-3-1-2-4-8-14(12)25-15)23-11-16-19-20-17(24-16)13-7-5-9-22-13/h5,7,9-10H,1-4,6,8,11H2. The fourth-order valence-corrected chi connectivity index (χ4v) is 4.10. The molecule has 7 heteroatoms. The number of nitrogens with zero attached hydrogens (tertiary/aromatic N) is 2. The third kappa shape index (κ3) is 3.66. The van der Waals surface area contributed by atoms with Crippen molar-refractivity contribution < 1.29 is 18.4 Å². The molecular formula is C18H18N2O4S. The van der Waals surface area contributed by atoms with Gasteiger partial charge in [-0.25, -0.2) is 4.79 Å². The molecule has 0 atom stereocenters. The van der Waals surface area contributed by atoms with Crippen molar-refractivity contribution in [2.45, 2.75) is 45.1 Å². The Morgan fingerprint density at radius 1 is 1.20 bits per heavy atom. The number of furan rings is 1. The molecule has 4 rings (SSSR count). The monoisotopic (exact) mass is 358 g/mol. The molecule has 3 heterocycles. The zero-order valence-electron chi connectivity index (χ0n) is 13.7. The normalized spacial score (nSPS) is 14.6. The van der Waals surface area contributed by atoms with Crippen molar-refractivity contribution in [1.82, 2.24) is 10.2 Å². The maximum Gasteiger partial charge on any atom is 0.348 e. The van der Waals surface area contributed by atoms with Gasteiger partial charge in [-0.05, 0) is 49.4 Å². The second kappa shape index (κ2) is 7.23. The molecule has 0 N–H and O–H groups in total. The number of aryl methyl sites for hydroxylation is 2. The predicted molar refractivity (Wildman–Crippen MR) is 91.3 cm³/mol. The maximum absolute atomic E-state index is 12.3. The van der Waals surface area contributed by atoms with Gasteiger partial charge in [-0.1, -0.05) is 12.8 Å². The summed E-state index contributed by atoms with van der Waals surface area (Å²) in [7, 11) is 0. The van der Waals surface area contributed by atoms with E-state index in [9.17, 15) is 4.79 Å². The Labute approximate surface area is 148 Å². The molecule has 1 aliphatic rings. The van der Waals surface area contributed by atoms with E-state index in [1.165, 1.54) is 42.4 Å². The fraction of sp³-hybridized carbons (Fsp3) is 0.389. The Bertz CT molecular complexity index is 825. The van der Waals surface area contributed by atoms with E-state index in [-0.39, 0.29) is 24.4 Å². The van der Waals surface area contributed by atoms with Crippen LogP contribution in [0.1, 0.15) is 51.7 Å². The molecule has 0 aromatic carbocycles. The molecule has 0 fully saturated rings. The first-order chi connectivity index (χ1) is 12.3. The molecule has 0 saturated heterocycles. The molecule has 6 nitrogen and oxygen atoms in total. The molecule has 0 bridgehead atoms. The summed E-state index contributed by atoms with van der Waals surface area (Å²) in [4.78, 5) is 14.3. The summed E-state index contributed by atoms with van der Waals surface area (Å²) in [5.41, 5.74) is 1.30. The van der Waals surface area contributed by atoms with E-state index in [4.69, 9.17) is 13.6 Å². The molecule has 1 aliphatic carbocycles. The van der Waals surface area contributed by atoms with E-state index >= 15 is 0 Å². The van der Waals surface area contributed by atoms with Gasteiger partial charge in [0.15, 0.2) is 12.4 Å². The van der Waals surface area contributed by atoms with Crippen LogP contribution in [0.3, 0.4) is 0 Å². The average Bonchev–Trinajstić information content (AvgIpc) is 3.33. The summed E-state index contributed by atoms with van der Waals surface area (Å²) < 4.78 is 16.0. The number of carbonyl (C=O) groups is 1. The van der Waals surface area contributed by atoms with Gasteiger partial charge in [-0.15, -0.1) is 21.5 Å². The quantitative estimate of drug-likeness (QED) is 0.643. The molecule has 0 radical (unpaired) electrons. The molecule has 130 valence electrons. The minimum absolute atomic E-state index is 0.0465. The highest BCUT2D eigenvalue weighted by atomic mass is 32.1. The Hall–Kier alpha value is -2.41. The number of hydrogen-bond acceptors (Lipinski definition) is 7. The minimum Gasteiger partial charge on any atom is -0.459 e. The maximum atomic E-state index is 12.3. The lowest BCUT2D eigenvalue weighted by Gasteiger charge is -2.07. The number of aromatic nitrogens is 2. The van der Waals surface area contributed by atoms with Crippen molar-refractivity contribution in [3.63, 3.8) is 0 Å². The van der Waals surface area contributed by atoms with Gasteiger partial charge in [0.2, 0.25) is 0 Å². The van der Waals surface area contributed by atoms with Gasteiger partial charge >= 0.3 is 5.97 Å². The zero-order chi connectivity index (χ0) is 17.1. The molecule has 0 amide bonds. The summed E-state index contributed by atoms with van der Waals surface area (Å²) >= 11 is 1.55. The number of fused-ring (bicyclic) bond motifs is 1. The van der Waals surface area contributed by atoms with Crippen LogP contribution in [0.2, 0.25) is 0 Å². The van der Waals surface area contributed by atoms with Crippen LogP contribution in [0, 0.1) is 0 Å². The second-order valence-corrected chi connectivity index (χ2v) is 7.16. The van der Waals surface area contributed by atoms with E-state index in [0.29, 0.717) is 10.6 Å². The Balaban J connectivity index is 1.40. The first kappa shape index (κ1) is 16.1. The lowest BCUT2D eigenvalue weighted by atomic mass is 10.00. The highest BCUT2D eigenvalue weighted by Crippen LogP contribution is 2.29. The summed E-state index contributed by atoms with van der Waals surface area (Å²) in [5.74, 6) is 0.669. The molecule has 0 unspecified atom stereocenters. The molecule has 25 heavy (non-hydrogen) atoms. The topological polar surface area (TPSA) is 78.4 Å². The highest BCUT2D eigenvalue weighted by molar-refractivity contribution is 7.14. The van der Waals surface area contributed by atoms with Crippen LogP contribution >= 0.6 is 11.3 Å². The van der Waals surface area contributed by atoms with E-state index in [1.54, 1.807) is 23.5 Å². The number of esters is 1. The first-order valence-corrected chi connectivity index (χ1v) is 9.26. The number of hydrogen-bond donors (Lipinski definition) is 0. The van der Waals surface area contributed by atoms with Crippen LogP contribution in [-0.2, 0) is 24.2 Å². The van der Waals surface area contributed by atoms with Crippen LogP contribution in [0.4, 0.5) is 0 Å². The number of thiophene rings is 1. The Kier molecular flexibility index (Phi) is 4.65. The van der Waals surface area contributed by atoms with E-state index in [2.05, 4.69) is 10.2 Å². The molecular weight excluding hydrogens is 340 g/mol. The lowest BCUT2D eigenvalue weighted by Crippen LogP contribution is -2.03. The molecule has 3 aromatic rings. The van der Waals surface area contributed by atoms with Crippen LogP contribution < -0.4 is 0 Å². The fourth-order valence-electron chi connectivity index (χ4n) is 2.95. The smallest absolute Gasteiger partial charge is 0.348 e. The van der Waals surface area contributed by atoms with Crippen LogP contribution in [-0.4, -0.2) is 16.2 Å². The SMILES string of the molecule is O=C(OCc1nnc(-c2ccco2)o1)c1cc2c(s1)CCCCCC2. The van der Waals surface area contributed by atoms with Gasteiger partial charge in [-0.2, -0.15) is 0 Å². The van der Waals surface area contributed by atoms with Crippen molar-refractivity contribution in [1.29, 1.82) is 0 Å². The number of rotatable bonds is 4. The van der Waals surface area contributed by atoms with Crippen molar-refractivity contribution in [2.24, 2.45) is 0 Å². The van der Waals surface area contributed by atoms with Crippen molar-refractivity contribution >= 4 is 17.3 Å².